The SMILES string of the molecule is Cc1cccc(C)c1OC[C@@H](C)NC(=O)[C@H](OC1CCCCO1)c1ccccc1. The number of hydrogen-bond donors (Lipinski definition) is 1. The zero-order valence-corrected chi connectivity index (χ0v) is 17.5. The molecule has 0 aromatic heterocycles. The van der Waals surface area contributed by atoms with E-state index in [9.17, 15) is 4.79 Å². The van der Waals surface area contributed by atoms with Crippen LogP contribution in [0, 0.1) is 13.8 Å². The monoisotopic (exact) mass is 397 g/mol. The average molecular weight is 398 g/mol. The van der Waals surface area contributed by atoms with E-state index >= 15 is 0 Å². The third kappa shape index (κ3) is 6.05. The minimum Gasteiger partial charge on any atom is -0.491 e. The first kappa shape index (κ1) is 21.3. The molecule has 3 atom stereocenters. The molecule has 0 aliphatic carbocycles. The molecule has 1 heterocycles. The van der Waals surface area contributed by atoms with Gasteiger partial charge in [-0.3, -0.25) is 4.79 Å². The minimum atomic E-state index is -0.707. The number of para-hydroxylation sites is 1. The van der Waals surface area contributed by atoms with E-state index < -0.39 is 6.10 Å². The molecule has 0 spiro atoms. The number of benzene rings is 2. The molecule has 2 aromatic rings. The second kappa shape index (κ2) is 10.4. The van der Waals surface area contributed by atoms with Gasteiger partial charge >= 0.3 is 0 Å². The summed E-state index contributed by atoms with van der Waals surface area (Å²) in [6.45, 7) is 7.04. The number of ether oxygens (including phenoxy) is 3. The van der Waals surface area contributed by atoms with Crippen LogP contribution in [0.15, 0.2) is 48.5 Å². The smallest absolute Gasteiger partial charge is 0.254 e. The van der Waals surface area contributed by atoms with Gasteiger partial charge in [0.05, 0.1) is 6.04 Å². The van der Waals surface area contributed by atoms with E-state index in [0.29, 0.717) is 13.2 Å². The Morgan fingerprint density at radius 3 is 2.48 bits per heavy atom. The van der Waals surface area contributed by atoms with Crippen molar-refractivity contribution in [1.82, 2.24) is 5.32 Å². The summed E-state index contributed by atoms with van der Waals surface area (Å²) in [5, 5.41) is 3.03. The first-order chi connectivity index (χ1) is 14.0. The van der Waals surface area contributed by atoms with Crippen molar-refractivity contribution < 1.29 is 19.0 Å². The van der Waals surface area contributed by atoms with Crippen LogP contribution in [0.25, 0.3) is 0 Å². The largest absolute Gasteiger partial charge is 0.491 e. The lowest BCUT2D eigenvalue weighted by Crippen LogP contribution is -2.41. The fourth-order valence-electron chi connectivity index (χ4n) is 3.49. The van der Waals surface area contributed by atoms with Gasteiger partial charge in [-0.2, -0.15) is 0 Å². The van der Waals surface area contributed by atoms with E-state index in [1.165, 1.54) is 0 Å². The quantitative estimate of drug-likeness (QED) is 0.714. The fraction of sp³-hybridized carbons (Fsp3) is 0.458. The highest BCUT2D eigenvalue weighted by Crippen LogP contribution is 2.25. The van der Waals surface area contributed by atoms with E-state index in [-0.39, 0.29) is 18.2 Å². The Morgan fingerprint density at radius 1 is 1.10 bits per heavy atom. The van der Waals surface area contributed by atoms with Gasteiger partial charge in [-0.15, -0.1) is 0 Å². The lowest BCUT2D eigenvalue weighted by atomic mass is 10.1. The molecule has 3 rings (SSSR count). The number of amides is 1. The topological polar surface area (TPSA) is 56.8 Å². The molecular weight excluding hydrogens is 366 g/mol. The molecule has 0 bridgehead atoms. The molecule has 156 valence electrons. The maximum absolute atomic E-state index is 13.0. The maximum atomic E-state index is 13.0. The third-order valence-electron chi connectivity index (χ3n) is 5.04. The highest BCUT2D eigenvalue weighted by Gasteiger charge is 2.27. The van der Waals surface area contributed by atoms with E-state index in [0.717, 1.165) is 41.7 Å². The lowest BCUT2D eigenvalue weighted by molar-refractivity contribution is -0.194. The highest BCUT2D eigenvalue weighted by molar-refractivity contribution is 5.82. The van der Waals surface area contributed by atoms with Gasteiger partial charge in [-0.05, 0) is 56.7 Å². The van der Waals surface area contributed by atoms with Gasteiger partial charge in [0.15, 0.2) is 12.4 Å². The van der Waals surface area contributed by atoms with Crippen molar-refractivity contribution in [3.05, 3.63) is 65.2 Å². The lowest BCUT2D eigenvalue weighted by Gasteiger charge is -2.28. The molecule has 2 aromatic carbocycles. The fourth-order valence-corrected chi connectivity index (χ4v) is 3.49. The first-order valence-electron chi connectivity index (χ1n) is 10.4. The van der Waals surface area contributed by atoms with Gasteiger partial charge < -0.3 is 19.5 Å². The van der Waals surface area contributed by atoms with Crippen LogP contribution in [-0.4, -0.2) is 31.5 Å². The Kier molecular flexibility index (Phi) is 7.67. The van der Waals surface area contributed by atoms with Crippen molar-refractivity contribution in [3.63, 3.8) is 0 Å². The van der Waals surface area contributed by atoms with Crippen molar-refractivity contribution in [2.75, 3.05) is 13.2 Å². The number of hydrogen-bond acceptors (Lipinski definition) is 4. The van der Waals surface area contributed by atoms with Crippen LogP contribution in [0.1, 0.15) is 49.0 Å². The molecule has 29 heavy (non-hydrogen) atoms. The Balaban J connectivity index is 1.62. The molecule has 1 amide bonds. The van der Waals surface area contributed by atoms with Gasteiger partial charge in [-0.1, -0.05) is 48.5 Å². The maximum Gasteiger partial charge on any atom is 0.254 e. The van der Waals surface area contributed by atoms with E-state index in [1.807, 2.05) is 69.3 Å². The third-order valence-corrected chi connectivity index (χ3v) is 5.04. The number of carbonyl (C=O) groups excluding carboxylic acids is 1. The molecule has 0 radical (unpaired) electrons. The van der Waals surface area contributed by atoms with Crippen molar-refractivity contribution in [2.24, 2.45) is 0 Å². The number of nitrogens with one attached hydrogen (secondary N) is 1. The van der Waals surface area contributed by atoms with Crippen molar-refractivity contribution in [1.29, 1.82) is 0 Å². The molecule has 5 heteroatoms. The Labute approximate surface area is 173 Å². The summed E-state index contributed by atoms with van der Waals surface area (Å²) in [5.74, 6) is 0.697. The molecule has 0 saturated carbocycles. The van der Waals surface area contributed by atoms with Crippen LogP contribution in [0.4, 0.5) is 0 Å². The van der Waals surface area contributed by atoms with Gasteiger partial charge in [-0.25, -0.2) is 0 Å². The van der Waals surface area contributed by atoms with Crippen LogP contribution in [0.3, 0.4) is 0 Å². The van der Waals surface area contributed by atoms with Gasteiger partial charge in [0.25, 0.3) is 5.91 Å². The molecule has 1 N–H and O–H groups in total. The highest BCUT2D eigenvalue weighted by atomic mass is 16.7. The summed E-state index contributed by atoms with van der Waals surface area (Å²) in [4.78, 5) is 13.0. The molecule has 1 aliphatic heterocycles. The Hall–Kier alpha value is -2.37. The zero-order chi connectivity index (χ0) is 20.6. The second-order valence-electron chi connectivity index (χ2n) is 7.66. The summed E-state index contributed by atoms with van der Waals surface area (Å²) in [6.07, 6.45) is 1.84. The second-order valence-corrected chi connectivity index (χ2v) is 7.66. The van der Waals surface area contributed by atoms with E-state index in [2.05, 4.69) is 5.32 Å². The van der Waals surface area contributed by atoms with Crippen molar-refractivity contribution >= 4 is 5.91 Å². The zero-order valence-electron chi connectivity index (χ0n) is 17.5. The van der Waals surface area contributed by atoms with Gasteiger partial charge in [0.2, 0.25) is 0 Å². The van der Waals surface area contributed by atoms with Crippen LogP contribution in [-0.2, 0) is 14.3 Å². The molecule has 1 saturated heterocycles. The summed E-state index contributed by atoms with van der Waals surface area (Å²) in [5.41, 5.74) is 2.99. The predicted molar refractivity (Wildman–Crippen MR) is 113 cm³/mol. The molecule has 5 nitrogen and oxygen atoms in total. The van der Waals surface area contributed by atoms with Crippen molar-refractivity contribution in [2.45, 2.75) is 58.5 Å². The van der Waals surface area contributed by atoms with Crippen LogP contribution < -0.4 is 10.1 Å². The summed E-state index contributed by atoms with van der Waals surface area (Å²) >= 11 is 0. The summed E-state index contributed by atoms with van der Waals surface area (Å²) in [7, 11) is 0. The molecular formula is C24H31NO4. The van der Waals surface area contributed by atoms with Crippen LogP contribution in [0.2, 0.25) is 0 Å². The minimum absolute atomic E-state index is 0.163. The molecule has 1 aliphatic rings. The summed E-state index contributed by atoms with van der Waals surface area (Å²) < 4.78 is 17.7. The Morgan fingerprint density at radius 2 is 1.83 bits per heavy atom. The standard InChI is InChI=1S/C24H31NO4/c1-17-10-9-11-18(2)22(17)28-16-19(3)25-24(26)23(20-12-5-4-6-13-20)29-21-14-7-8-15-27-21/h4-6,9-13,19,21,23H,7-8,14-16H2,1-3H3,(H,25,26)/t19-,21?,23-/m1/s1. The van der Waals surface area contributed by atoms with Crippen LogP contribution >= 0.6 is 0 Å². The van der Waals surface area contributed by atoms with Crippen LogP contribution in [0.5, 0.6) is 5.75 Å². The molecule has 1 fully saturated rings. The number of rotatable bonds is 8. The number of carbonyl (C=O) groups is 1. The Bertz CT molecular complexity index is 766. The van der Waals surface area contributed by atoms with E-state index in [4.69, 9.17) is 14.2 Å². The van der Waals surface area contributed by atoms with Gasteiger partial charge in [0, 0.05) is 6.61 Å². The molecule has 1 unspecified atom stereocenters. The number of aryl methyl sites for hydroxylation is 2. The van der Waals surface area contributed by atoms with Crippen molar-refractivity contribution in [3.8, 4) is 5.75 Å². The average Bonchev–Trinajstić information content (AvgIpc) is 2.73. The van der Waals surface area contributed by atoms with Gasteiger partial charge in [0.1, 0.15) is 12.4 Å². The normalized spacial score (nSPS) is 18.7. The summed E-state index contributed by atoms with van der Waals surface area (Å²) in [6, 6.07) is 15.5. The van der Waals surface area contributed by atoms with E-state index in [1.54, 1.807) is 0 Å². The predicted octanol–water partition coefficient (Wildman–Crippen LogP) is 4.47. The first-order valence-corrected chi connectivity index (χ1v) is 10.4.